The van der Waals surface area contributed by atoms with Crippen molar-refractivity contribution in [2.45, 2.75) is 27.7 Å². The molecule has 0 bridgehead atoms. The van der Waals surface area contributed by atoms with E-state index < -0.39 is 0 Å². The van der Waals surface area contributed by atoms with E-state index >= 15 is 0 Å². The maximum Gasteiger partial charge on any atom is 0.276 e. The molecule has 1 fully saturated rings. The number of nitrogens with zero attached hydrogens (tertiary/aromatic N) is 7. The Bertz CT molecular complexity index is 1020. The molecule has 0 saturated carbocycles. The Morgan fingerprint density at radius 3 is 2.29 bits per heavy atom. The van der Waals surface area contributed by atoms with Gasteiger partial charge in [-0.3, -0.25) is 4.79 Å². The van der Waals surface area contributed by atoms with Gasteiger partial charge in [0.15, 0.2) is 11.5 Å². The highest BCUT2D eigenvalue weighted by atomic mass is 16.5. The first-order valence-electron chi connectivity index (χ1n) is 9.27. The summed E-state index contributed by atoms with van der Waals surface area (Å²) in [5, 5.41) is 8.34. The highest BCUT2D eigenvalue weighted by Gasteiger charge is 2.25. The van der Waals surface area contributed by atoms with Crippen LogP contribution in [-0.2, 0) is 0 Å². The molecule has 0 unspecified atom stereocenters. The Morgan fingerprint density at radius 1 is 0.964 bits per heavy atom. The van der Waals surface area contributed by atoms with Crippen LogP contribution in [0.2, 0.25) is 0 Å². The Morgan fingerprint density at radius 2 is 1.68 bits per heavy atom. The van der Waals surface area contributed by atoms with Crippen LogP contribution < -0.4 is 4.90 Å². The van der Waals surface area contributed by atoms with Crippen molar-refractivity contribution in [3.63, 3.8) is 0 Å². The summed E-state index contributed by atoms with van der Waals surface area (Å²) in [6.45, 7) is 10.2. The van der Waals surface area contributed by atoms with E-state index in [1.807, 2.05) is 37.6 Å². The third kappa shape index (κ3) is 3.47. The first kappa shape index (κ1) is 18.1. The standard InChI is InChI=1S/C19H23N7O2/c1-12-9-13(2)26(22-12)18-11-17(20-15(4)21-18)24-5-7-25(8-6-24)19(27)16-10-14(3)28-23-16/h9-11H,5-8H2,1-4H3. The van der Waals surface area contributed by atoms with Crippen LogP contribution in [0.5, 0.6) is 0 Å². The molecule has 4 rings (SSSR count). The van der Waals surface area contributed by atoms with Crippen molar-refractivity contribution in [2.24, 2.45) is 0 Å². The molecule has 3 aromatic rings. The van der Waals surface area contributed by atoms with Gasteiger partial charge in [-0.15, -0.1) is 0 Å². The lowest BCUT2D eigenvalue weighted by atomic mass is 10.2. The van der Waals surface area contributed by atoms with Crippen LogP contribution in [0.15, 0.2) is 22.7 Å². The highest BCUT2D eigenvalue weighted by Crippen LogP contribution is 2.19. The summed E-state index contributed by atoms with van der Waals surface area (Å²) in [6, 6.07) is 5.64. The zero-order chi connectivity index (χ0) is 19.8. The van der Waals surface area contributed by atoms with Gasteiger partial charge >= 0.3 is 0 Å². The van der Waals surface area contributed by atoms with Crippen LogP contribution in [0.4, 0.5) is 5.82 Å². The van der Waals surface area contributed by atoms with E-state index in [9.17, 15) is 4.79 Å². The van der Waals surface area contributed by atoms with E-state index in [1.165, 1.54) is 0 Å². The average molecular weight is 381 g/mol. The largest absolute Gasteiger partial charge is 0.361 e. The molecule has 1 amide bonds. The fourth-order valence-electron chi connectivity index (χ4n) is 3.44. The van der Waals surface area contributed by atoms with Crippen molar-refractivity contribution >= 4 is 11.7 Å². The van der Waals surface area contributed by atoms with E-state index in [4.69, 9.17) is 4.52 Å². The van der Waals surface area contributed by atoms with Crippen molar-refractivity contribution in [1.29, 1.82) is 0 Å². The van der Waals surface area contributed by atoms with E-state index in [0.29, 0.717) is 43.5 Å². The molecule has 0 spiro atoms. The molecule has 146 valence electrons. The van der Waals surface area contributed by atoms with E-state index in [0.717, 1.165) is 23.0 Å². The first-order chi connectivity index (χ1) is 13.4. The Balaban J connectivity index is 1.50. The molecule has 0 aliphatic carbocycles. The lowest BCUT2D eigenvalue weighted by Crippen LogP contribution is -2.49. The number of aryl methyl sites for hydroxylation is 4. The van der Waals surface area contributed by atoms with Gasteiger partial charge in [-0.25, -0.2) is 14.6 Å². The maximum absolute atomic E-state index is 12.5. The second-order valence-corrected chi connectivity index (χ2v) is 7.07. The second-order valence-electron chi connectivity index (χ2n) is 7.07. The Hall–Kier alpha value is -3.23. The summed E-state index contributed by atoms with van der Waals surface area (Å²) in [7, 11) is 0. The van der Waals surface area contributed by atoms with Crippen LogP contribution in [-0.4, -0.2) is 61.9 Å². The van der Waals surface area contributed by atoms with Crippen LogP contribution in [0.1, 0.15) is 33.5 Å². The van der Waals surface area contributed by atoms with Crippen LogP contribution in [0.25, 0.3) is 5.82 Å². The number of aromatic nitrogens is 5. The smallest absolute Gasteiger partial charge is 0.276 e. The van der Waals surface area contributed by atoms with E-state index in [1.54, 1.807) is 17.9 Å². The van der Waals surface area contributed by atoms with E-state index in [2.05, 4.69) is 25.1 Å². The molecule has 0 atom stereocenters. The van der Waals surface area contributed by atoms with Crippen LogP contribution in [0.3, 0.4) is 0 Å². The number of rotatable bonds is 3. The minimum atomic E-state index is -0.0984. The highest BCUT2D eigenvalue weighted by molar-refractivity contribution is 5.92. The summed E-state index contributed by atoms with van der Waals surface area (Å²) in [5.41, 5.74) is 2.33. The zero-order valence-electron chi connectivity index (χ0n) is 16.5. The number of amides is 1. The summed E-state index contributed by atoms with van der Waals surface area (Å²) >= 11 is 0. The minimum absolute atomic E-state index is 0.0984. The van der Waals surface area contributed by atoms with Gasteiger partial charge in [0.2, 0.25) is 0 Å². The van der Waals surface area contributed by atoms with Crippen molar-refractivity contribution < 1.29 is 9.32 Å². The number of carbonyl (C=O) groups is 1. The molecule has 0 N–H and O–H groups in total. The normalized spacial score (nSPS) is 14.6. The summed E-state index contributed by atoms with van der Waals surface area (Å²) in [6.07, 6.45) is 0. The molecule has 1 aliphatic heterocycles. The average Bonchev–Trinajstić information content (AvgIpc) is 3.25. The third-order valence-electron chi connectivity index (χ3n) is 4.78. The molecule has 4 heterocycles. The quantitative estimate of drug-likeness (QED) is 0.683. The van der Waals surface area contributed by atoms with Crippen molar-refractivity contribution in [3.05, 3.63) is 46.9 Å². The molecular weight excluding hydrogens is 358 g/mol. The fraction of sp³-hybridized carbons (Fsp3) is 0.421. The van der Waals surface area contributed by atoms with Crippen LogP contribution >= 0.6 is 0 Å². The molecule has 9 nitrogen and oxygen atoms in total. The third-order valence-corrected chi connectivity index (χ3v) is 4.78. The molecular formula is C19H23N7O2. The fourth-order valence-corrected chi connectivity index (χ4v) is 3.44. The van der Waals surface area contributed by atoms with Gasteiger partial charge in [0.1, 0.15) is 17.4 Å². The maximum atomic E-state index is 12.5. The number of piperazine rings is 1. The molecule has 9 heteroatoms. The van der Waals surface area contributed by atoms with Crippen molar-refractivity contribution in [3.8, 4) is 5.82 Å². The molecule has 0 aromatic carbocycles. The molecule has 3 aromatic heterocycles. The summed E-state index contributed by atoms with van der Waals surface area (Å²) in [5.74, 6) is 2.83. The lowest BCUT2D eigenvalue weighted by Gasteiger charge is -2.35. The van der Waals surface area contributed by atoms with E-state index in [-0.39, 0.29) is 5.91 Å². The summed E-state index contributed by atoms with van der Waals surface area (Å²) < 4.78 is 6.85. The number of hydrogen-bond donors (Lipinski definition) is 0. The van der Waals surface area contributed by atoms with Crippen LogP contribution in [0, 0.1) is 27.7 Å². The minimum Gasteiger partial charge on any atom is -0.361 e. The molecule has 28 heavy (non-hydrogen) atoms. The van der Waals surface area contributed by atoms with Gasteiger partial charge in [0, 0.05) is 44.0 Å². The zero-order valence-corrected chi connectivity index (χ0v) is 16.5. The topological polar surface area (TPSA) is 93.2 Å². The monoisotopic (exact) mass is 381 g/mol. The molecule has 1 saturated heterocycles. The van der Waals surface area contributed by atoms with Gasteiger partial charge in [0.25, 0.3) is 5.91 Å². The van der Waals surface area contributed by atoms with Gasteiger partial charge in [-0.2, -0.15) is 5.10 Å². The molecule has 0 radical (unpaired) electrons. The van der Waals surface area contributed by atoms with Gasteiger partial charge in [-0.05, 0) is 33.8 Å². The number of carbonyl (C=O) groups excluding carboxylic acids is 1. The van der Waals surface area contributed by atoms with Gasteiger partial charge in [0.05, 0.1) is 5.69 Å². The van der Waals surface area contributed by atoms with Gasteiger partial charge < -0.3 is 14.3 Å². The number of anilines is 1. The Kier molecular flexibility index (Phi) is 4.58. The SMILES string of the molecule is Cc1cc(C)n(-c2cc(N3CCN(C(=O)c4cc(C)on4)CC3)nc(C)n2)n1. The first-order valence-corrected chi connectivity index (χ1v) is 9.27. The lowest BCUT2D eigenvalue weighted by molar-refractivity contribution is 0.0736. The second kappa shape index (κ2) is 7.06. The van der Waals surface area contributed by atoms with Crippen molar-refractivity contribution in [1.82, 2.24) is 29.8 Å². The Labute approximate surface area is 163 Å². The number of hydrogen-bond acceptors (Lipinski definition) is 7. The predicted octanol–water partition coefficient (Wildman–Crippen LogP) is 1.85. The summed E-state index contributed by atoms with van der Waals surface area (Å²) in [4.78, 5) is 25.6. The van der Waals surface area contributed by atoms with Gasteiger partial charge in [-0.1, -0.05) is 5.16 Å². The van der Waals surface area contributed by atoms with Crippen molar-refractivity contribution in [2.75, 3.05) is 31.1 Å². The predicted molar refractivity (Wildman–Crippen MR) is 103 cm³/mol. The molecule has 1 aliphatic rings.